The van der Waals surface area contributed by atoms with Crippen LogP contribution in [0.15, 0.2) is 48.5 Å². The van der Waals surface area contributed by atoms with Gasteiger partial charge in [0, 0.05) is 11.1 Å². The third-order valence-corrected chi connectivity index (χ3v) is 6.69. The summed E-state index contributed by atoms with van der Waals surface area (Å²) >= 11 is 0. The van der Waals surface area contributed by atoms with E-state index in [1.54, 1.807) is 6.07 Å². The molecule has 36 heavy (non-hydrogen) atoms. The fourth-order valence-corrected chi connectivity index (χ4v) is 4.72. The summed E-state index contributed by atoms with van der Waals surface area (Å²) in [6.07, 6.45) is 3.35. The highest BCUT2D eigenvalue weighted by atomic mass is 16.5. The smallest absolute Gasteiger partial charge is 0.307 e. The predicted molar refractivity (Wildman–Crippen MR) is 138 cm³/mol. The van der Waals surface area contributed by atoms with Gasteiger partial charge in [-0.25, -0.2) is 4.98 Å². The lowest BCUT2D eigenvalue weighted by molar-refractivity contribution is -0.139. The van der Waals surface area contributed by atoms with Gasteiger partial charge in [-0.2, -0.15) is 0 Å². The van der Waals surface area contributed by atoms with Crippen LogP contribution in [0.1, 0.15) is 74.6 Å². The van der Waals surface area contributed by atoms with Crippen LogP contribution in [0.5, 0.6) is 11.5 Å². The monoisotopic (exact) mass is 490 g/mol. The van der Waals surface area contributed by atoms with Crippen molar-refractivity contribution in [3.05, 3.63) is 65.5 Å². The summed E-state index contributed by atoms with van der Waals surface area (Å²) in [5.74, 6) is 0.145. The molecule has 1 heterocycles. The van der Waals surface area contributed by atoms with E-state index < -0.39 is 24.5 Å². The van der Waals surface area contributed by atoms with E-state index >= 15 is 0 Å². The first-order chi connectivity index (χ1) is 17.1. The van der Waals surface area contributed by atoms with E-state index in [-0.39, 0.29) is 11.1 Å². The number of carboxylic acids is 1. The van der Waals surface area contributed by atoms with Crippen molar-refractivity contribution in [2.45, 2.75) is 70.9 Å². The third kappa shape index (κ3) is 6.40. The molecular weight excluding hydrogens is 456 g/mol. The minimum Gasteiger partial charge on any atom is -0.481 e. The van der Waals surface area contributed by atoms with E-state index in [1.807, 2.05) is 30.3 Å². The maximum Gasteiger partial charge on any atom is 0.307 e. The van der Waals surface area contributed by atoms with Crippen LogP contribution in [-0.4, -0.2) is 33.3 Å². The number of pyridine rings is 1. The Hall–Kier alpha value is -3.45. The number of nitrogens with zero attached hydrogens (tertiary/aromatic N) is 1. The highest BCUT2D eigenvalue weighted by molar-refractivity contribution is 5.97. The van der Waals surface area contributed by atoms with Crippen molar-refractivity contribution in [1.29, 1.82) is 0 Å². The highest BCUT2D eigenvalue weighted by Crippen LogP contribution is 2.33. The molecular formula is C29H34N2O5. The summed E-state index contributed by atoms with van der Waals surface area (Å²) < 4.78 is 6.15. The average Bonchev–Trinajstić information content (AvgIpc) is 3.31. The Morgan fingerprint density at radius 2 is 1.72 bits per heavy atom. The van der Waals surface area contributed by atoms with E-state index in [9.17, 15) is 14.7 Å². The largest absolute Gasteiger partial charge is 0.481 e. The number of aliphatic hydroxyl groups is 1. The van der Waals surface area contributed by atoms with Gasteiger partial charge in [0.25, 0.3) is 5.91 Å². The van der Waals surface area contributed by atoms with Crippen LogP contribution in [0.3, 0.4) is 0 Å². The number of rotatable bonds is 8. The van der Waals surface area contributed by atoms with Crippen LogP contribution in [-0.2, 0) is 16.6 Å². The van der Waals surface area contributed by atoms with Gasteiger partial charge < -0.3 is 20.3 Å². The average molecular weight is 491 g/mol. The van der Waals surface area contributed by atoms with Crippen molar-refractivity contribution in [3.63, 3.8) is 0 Å². The van der Waals surface area contributed by atoms with Gasteiger partial charge in [-0.15, -0.1) is 0 Å². The molecule has 0 aliphatic heterocycles. The van der Waals surface area contributed by atoms with Gasteiger partial charge in [0.05, 0.1) is 6.42 Å². The van der Waals surface area contributed by atoms with Crippen molar-refractivity contribution >= 4 is 22.6 Å². The van der Waals surface area contributed by atoms with Crippen molar-refractivity contribution in [2.75, 3.05) is 0 Å². The number of nitrogens with one attached hydrogen (secondary N) is 1. The molecule has 0 saturated heterocycles. The van der Waals surface area contributed by atoms with Crippen LogP contribution in [0.25, 0.3) is 10.8 Å². The Kier molecular flexibility index (Phi) is 7.59. The number of aliphatic carboxylic acids is 1. The molecule has 1 aliphatic carbocycles. The van der Waals surface area contributed by atoms with Gasteiger partial charge in [0.1, 0.15) is 23.4 Å². The number of amides is 1. The quantitative estimate of drug-likeness (QED) is 0.356. The molecule has 1 aromatic heterocycles. The Morgan fingerprint density at radius 1 is 1.06 bits per heavy atom. The molecule has 0 bridgehead atoms. The van der Waals surface area contributed by atoms with Gasteiger partial charge >= 0.3 is 5.97 Å². The molecule has 0 radical (unpaired) electrons. The Labute approximate surface area is 211 Å². The van der Waals surface area contributed by atoms with Crippen molar-refractivity contribution in [1.82, 2.24) is 10.3 Å². The van der Waals surface area contributed by atoms with Crippen LogP contribution in [0.2, 0.25) is 0 Å². The van der Waals surface area contributed by atoms with E-state index in [2.05, 4.69) is 43.2 Å². The zero-order chi connectivity index (χ0) is 25.9. The number of ether oxygens (including phenoxy) is 1. The van der Waals surface area contributed by atoms with Crippen molar-refractivity contribution in [2.24, 2.45) is 5.92 Å². The number of fused-ring (bicyclic) bond motifs is 1. The van der Waals surface area contributed by atoms with E-state index in [4.69, 9.17) is 9.84 Å². The van der Waals surface area contributed by atoms with Crippen LogP contribution >= 0.6 is 0 Å². The molecule has 3 N–H and O–H groups in total. The summed E-state index contributed by atoms with van der Waals surface area (Å²) in [6.45, 7) is 6.52. The van der Waals surface area contributed by atoms with Crippen LogP contribution in [0, 0.1) is 5.92 Å². The fourth-order valence-electron chi connectivity index (χ4n) is 4.72. The number of hydrogen-bond donors (Lipinski definition) is 3. The van der Waals surface area contributed by atoms with Crippen LogP contribution < -0.4 is 10.1 Å². The lowest BCUT2D eigenvalue weighted by Crippen LogP contribution is -2.36. The standard InChI is InChI=1S/C29H34N2O5/c1-29(2,3)20-9-12-21(13-10-20)36-22-11-8-19-15-25(28(35)31-26(32)17-27(33)34)30-24(23(19)16-22)14-18-6-4-5-7-18/h8-13,15-16,18,26,32H,4-7,14,17H2,1-3H3,(H,31,35)(H,33,34). The van der Waals surface area contributed by atoms with Gasteiger partial charge in [-0.05, 0) is 59.0 Å². The topological polar surface area (TPSA) is 109 Å². The first-order valence-electron chi connectivity index (χ1n) is 12.5. The minimum atomic E-state index is -1.48. The molecule has 7 nitrogen and oxygen atoms in total. The summed E-state index contributed by atoms with van der Waals surface area (Å²) in [7, 11) is 0. The molecule has 3 aromatic rings. The van der Waals surface area contributed by atoms with Gasteiger partial charge in [0.15, 0.2) is 0 Å². The number of carbonyl (C=O) groups is 2. The molecule has 1 fully saturated rings. The minimum absolute atomic E-state index is 0.0654. The number of aromatic nitrogens is 1. The maximum absolute atomic E-state index is 12.7. The van der Waals surface area contributed by atoms with Gasteiger partial charge in [-0.1, -0.05) is 64.7 Å². The van der Waals surface area contributed by atoms with Crippen molar-refractivity contribution < 1.29 is 24.5 Å². The molecule has 1 aliphatic rings. The number of carboxylic acid groups (broad SMARTS) is 1. The summed E-state index contributed by atoms with van der Waals surface area (Å²) in [5, 5.41) is 22.8. The Balaban J connectivity index is 1.63. The molecule has 1 atom stereocenters. The molecule has 1 amide bonds. The van der Waals surface area contributed by atoms with E-state index in [0.717, 1.165) is 41.5 Å². The van der Waals surface area contributed by atoms with Gasteiger partial charge in [-0.3, -0.25) is 9.59 Å². The second kappa shape index (κ2) is 10.7. The zero-order valence-electron chi connectivity index (χ0n) is 21.1. The van der Waals surface area contributed by atoms with Gasteiger partial charge in [0.2, 0.25) is 0 Å². The SMILES string of the molecule is CC(C)(C)c1ccc(Oc2ccc3cc(C(=O)NC(O)CC(=O)O)nc(CC4CCCC4)c3c2)cc1. The number of hydrogen-bond acceptors (Lipinski definition) is 5. The normalized spacial score (nSPS) is 15.1. The molecule has 190 valence electrons. The molecule has 7 heteroatoms. The van der Waals surface area contributed by atoms with Crippen LogP contribution in [0.4, 0.5) is 0 Å². The molecule has 1 unspecified atom stereocenters. The predicted octanol–water partition coefficient (Wildman–Crippen LogP) is 5.58. The second-order valence-corrected chi connectivity index (χ2v) is 10.7. The zero-order valence-corrected chi connectivity index (χ0v) is 21.1. The lowest BCUT2D eigenvalue weighted by Gasteiger charge is -2.19. The first-order valence-corrected chi connectivity index (χ1v) is 12.5. The first kappa shape index (κ1) is 25.6. The van der Waals surface area contributed by atoms with E-state index in [0.29, 0.717) is 11.7 Å². The fraction of sp³-hybridized carbons (Fsp3) is 0.414. The second-order valence-electron chi connectivity index (χ2n) is 10.7. The maximum atomic E-state index is 12.7. The molecule has 1 saturated carbocycles. The Bertz CT molecular complexity index is 1240. The number of benzene rings is 2. The molecule has 4 rings (SSSR count). The van der Waals surface area contributed by atoms with E-state index in [1.165, 1.54) is 18.4 Å². The summed E-state index contributed by atoms with van der Waals surface area (Å²) in [5.41, 5.74) is 2.27. The lowest BCUT2D eigenvalue weighted by atomic mass is 9.87. The number of aliphatic hydroxyl groups excluding tert-OH is 1. The van der Waals surface area contributed by atoms with Crippen molar-refractivity contribution in [3.8, 4) is 11.5 Å². The third-order valence-electron chi connectivity index (χ3n) is 6.69. The number of carbonyl (C=O) groups excluding carboxylic acids is 1. The summed E-state index contributed by atoms with van der Waals surface area (Å²) in [4.78, 5) is 28.2. The molecule has 2 aromatic carbocycles. The summed E-state index contributed by atoms with van der Waals surface area (Å²) in [6, 6.07) is 15.5. The highest BCUT2D eigenvalue weighted by Gasteiger charge is 2.21. The molecule has 0 spiro atoms. The Morgan fingerprint density at radius 3 is 2.36 bits per heavy atom.